The van der Waals surface area contributed by atoms with Gasteiger partial charge >= 0.3 is 0 Å². The molecule has 0 bridgehead atoms. The zero-order valence-electron chi connectivity index (χ0n) is 8.88. The average molecular weight is 239 g/mol. The molecule has 0 atom stereocenters. The second-order valence-corrected chi connectivity index (χ2v) is 3.31. The molecule has 1 heterocycles. The predicted octanol–water partition coefficient (Wildman–Crippen LogP) is 3.17. The largest absolute Gasteiger partial charge is 0.495 e. The van der Waals surface area contributed by atoms with E-state index in [1.165, 1.54) is 25.3 Å². The Hall–Kier alpha value is -2.04. The van der Waals surface area contributed by atoms with E-state index in [1.54, 1.807) is 0 Å². The van der Waals surface area contributed by atoms with E-state index in [0.717, 1.165) is 12.3 Å². The van der Waals surface area contributed by atoms with Crippen LogP contribution in [0, 0.1) is 17.6 Å². The molecule has 17 heavy (non-hydrogen) atoms. The number of benzene rings is 1. The van der Waals surface area contributed by atoms with E-state index in [0.29, 0.717) is 0 Å². The Kier molecular flexibility index (Phi) is 2.99. The van der Waals surface area contributed by atoms with Crippen LogP contribution in [0.1, 0.15) is 0 Å². The van der Waals surface area contributed by atoms with Gasteiger partial charge in [-0.05, 0) is 12.1 Å². The highest BCUT2D eigenvalue weighted by Gasteiger charge is 2.15. The molecule has 5 heteroatoms. The Morgan fingerprint density at radius 1 is 1.12 bits per heavy atom. The van der Waals surface area contributed by atoms with Gasteiger partial charge < -0.3 is 4.74 Å². The first kappa shape index (κ1) is 11.4. The second kappa shape index (κ2) is 4.45. The first-order valence-electron chi connectivity index (χ1n) is 4.77. The number of pyridine rings is 1. The summed E-state index contributed by atoms with van der Waals surface area (Å²) in [5.74, 6) is -2.76. The topological polar surface area (TPSA) is 22.1 Å². The van der Waals surface area contributed by atoms with E-state index in [9.17, 15) is 13.2 Å². The predicted molar refractivity (Wildman–Crippen MR) is 56.1 cm³/mol. The Balaban J connectivity index is 2.63. The van der Waals surface area contributed by atoms with Crippen LogP contribution in [0.3, 0.4) is 0 Å². The molecule has 88 valence electrons. The molecule has 1 aromatic heterocycles. The third kappa shape index (κ3) is 2.08. The zero-order chi connectivity index (χ0) is 12.4. The summed E-state index contributed by atoms with van der Waals surface area (Å²) in [6.07, 6.45) is 1.16. The molecule has 0 N–H and O–H groups in total. The fourth-order valence-electron chi connectivity index (χ4n) is 1.44. The third-order valence-corrected chi connectivity index (χ3v) is 2.29. The quantitative estimate of drug-likeness (QED) is 0.751. The van der Waals surface area contributed by atoms with Crippen LogP contribution in [-0.2, 0) is 0 Å². The molecule has 2 aromatic rings. The van der Waals surface area contributed by atoms with Gasteiger partial charge in [0.2, 0.25) is 5.95 Å². The summed E-state index contributed by atoms with van der Waals surface area (Å²) in [6.45, 7) is 0. The van der Waals surface area contributed by atoms with Crippen LogP contribution in [-0.4, -0.2) is 12.1 Å². The van der Waals surface area contributed by atoms with Crippen LogP contribution in [0.5, 0.6) is 5.75 Å². The second-order valence-electron chi connectivity index (χ2n) is 3.31. The number of hydrogen-bond donors (Lipinski definition) is 0. The third-order valence-electron chi connectivity index (χ3n) is 2.29. The highest BCUT2D eigenvalue weighted by molar-refractivity contribution is 5.65. The van der Waals surface area contributed by atoms with Crippen molar-refractivity contribution < 1.29 is 17.9 Å². The van der Waals surface area contributed by atoms with Gasteiger partial charge in [0, 0.05) is 11.1 Å². The van der Waals surface area contributed by atoms with Gasteiger partial charge in [-0.15, -0.1) is 0 Å². The summed E-state index contributed by atoms with van der Waals surface area (Å²) >= 11 is 0. The lowest BCUT2D eigenvalue weighted by Gasteiger charge is -2.06. The maximum atomic E-state index is 13.5. The van der Waals surface area contributed by atoms with Crippen LogP contribution >= 0.6 is 0 Å². The van der Waals surface area contributed by atoms with E-state index in [1.807, 2.05) is 0 Å². The summed E-state index contributed by atoms with van der Waals surface area (Å²) in [4.78, 5) is 3.42. The maximum absolute atomic E-state index is 13.5. The van der Waals surface area contributed by atoms with E-state index in [2.05, 4.69) is 4.98 Å². The smallest absolute Gasteiger partial charge is 0.221 e. The molecule has 2 nitrogen and oxygen atoms in total. The highest BCUT2D eigenvalue weighted by Crippen LogP contribution is 2.28. The van der Waals surface area contributed by atoms with Gasteiger partial charge in [-0.25, -0.2) is 13.8 Å². The molecule has 0 aliphatic heterocycles. The number of ether oxygens (including phenoxy) is 1. The molecule has 0 aliphatic carbocycles. The minimum Gasteiger partial charge on any atom is -0.495 e. The fourth-order valence-corrected chi connectivity index (χ4v) is 1.44. The normalized spacial score (nSPS) is 10.4. The van der Waals surface area contributed by atoms with Crippen LogP contribution in [0.15, 0.2) is 30.5 Å². The van der Waals surface area contributed by atoms with Crippen LogP contribution < -0.4 is 4.74 Å². The summed E-state index contributed by atoms with van der Waals surface area (Å²) in [6, 6.07) is 4.80. The molecular weight excluding hydrogens is 231 g/mol. The Bertz CT molecular complexity index is 557. The SMILES string of the molecule is COc1cnc(F)c(-c2cccc(F)c2F)c1. The molecular formula is C12H8F3NO. The van der Waals surface area contributed by atoms with Crippen molar-refractivity contribution in [3.8, 4) is 16.9 Å². The van der Waals surface area contributed by atoms with E-state index in [4.69, 9.17) is 4.74 Å². The lowest BCUT2D eigenvalue weighted by molar-refractivity contribution is 0.410. The molecule has 0 aliphatic rings. The van der Waals surface area contributed by atoms with Gasteiger partial charge in [0.1, 0.15) is 5.75 Å². The summed E-state index contributed by atoms with van der Waals surface area (Å²) in [5, 5.41) is 0. The van der Waals surface area contributed by atoms with Crippen molar-refractivity contribution in [2.75, 3.05) is 7.11 Å². The van der Waals surface area contributed by atoms with Gasteiger partial charge in [0.15, 0.2) is 11.6 Å². The maximum Gasteiger partial charge on any atom is 0.221 e. The molecule has 1 aromatic carbocycles. The van der Waals surface area contributed by atoms with Crippen molar-refractivity contribution in [1.82, 2.24) is 4.98 Å². The van der Waals surface area contributed by atoms with Gasteiger partial charge in [-0.3, -0.25) is 0 Å². The standard InChI is InChI=1S/C12H8F3NO/c1-17-7-5-9(12(15)16-6-7)8-3-2-4-10(13)11(8)14/h2-6H,1H3. The van der Waals surface area contributed by atoms with E-state index >= 15 is 0 Å². The lowest BCUT2D eigenvalue weighted by Crippen LogP contribution is -1.95. The van der Waals surface area contributed by atoms with Crippen molar-refractivity contribution >= 4 is 0 Å². The van der Waals surface area contributed by atoms with Crippen LogP contribution in [0.2, 0.25) is 0 Å². The van der Waals surface area contributed by atoms with Gasteiger partial charge in [0.25, 0.3) is 0 Å². The summed E-state index contributed by atoms with van der Waals surface area (Å²) < 4.78 is 44.8. The summed E-state index contributed by atoms with van der Waals surface area (Å²) in [5.41, 5.74) is -0.324. The van der Waals surface area contributed by atoms with Crippen molar-refractivity contribution in [2.45, 2.75) is 0 Å². The van der Waals surface area contributed by atoms with E-state index in [-0.39, 0.29) is 16.9 Å². The number of hydrogen-bond acceptors (Lipinski definition) is 2. The highest BCUT2D eigenvalue weighted by atomic mass is 19.2. The minimum absolute atomic E-state index is 0.138. The molecule has 0 spiro atoms. The van der Waals surface area contributed by atoms with Crippen molar-refractivity contribution in [2.24, 2.45) is 0 Å². The first-order valence-corrected chi connectivity index (χ1v) is 4.77. The molecule has 0 unspecified atom stereocenters. The van der Waals surface area contributed by atoms with Crippen molar-refractivity contribution in [1.29, 1.82) is 0 Å². The lowest BCUT2D eigenvalue weighted by atomic mass is 10.1. The van der Waals surface area contributed by atoms with Gasteiger partial charge in [-0.2, -0.15) is 4.39 Å². The number of halogens is 3. The monoisotopic (exact) mass is 239 g/mol. The first-order chi connectivity index (χ1) is 8.13. The van der Waals surface area contributed by atoms with Gasteiger partial charge in [-0.1, -0.05) is 12.1 Å². The number of nitrogens with zero attached hydrogens (tertiary/aromatic N) is 1. The Morgan fingerprint density at radius 3 is 2.59 bits per heavy atom. The van der Waals surface area contributed by atoms with Crippen LogP contribution in [0.4, 0.5) is 13.2 Å². The average Bonchev–Trinajstić information content (AvgIpc) is 2.34. The summed E-state index contributed by atoms with van der Waals surface area (Å²) in [7, 11) is 1.38. The molecule has 0 radical (unpaired) electrons. The number of aromatic nitrogens is 1. The molecule has 2 rings (SSSR count). The Morgan fingerprint density at radius 2 is 1.88 bits per heavy atom. The fraction of sp³-hybridized carbons (Fsp3) is 0.0833. The van der Waals surface area contributed by atoms with E-state index < -0.39 is 17.6 Å². The van der Waals surface area contributed by atoms with Crippen molar-refractivity contribution in [3.63, 3.8) is 0 Å². The molecule has 0 fully saturated rings. The minimum atomic E-state index is -1.11. The molecule has 0 amide bonds. The Labute approximate surface area is 95.7 Å². The van der Waals surface area contributed by atoms with Gasteiger partial charge in [0.05, 0.1) is 13.3 Å². The van der Waals surface area contributed by atoms with Crippen molar-refractivity contribution in [3.05, 3.63) is 48.0 Å². The number of methoxy groups -OCH3 is 1. The molecule has 0 saturated heterocycles. The molecule has 0 saturated carbocycles. The zero-order valence-corrected chi connectivity index (χ0v) is 8.88. The van der Waals surface area contributed by atoms with Crippen LogP contribution in [0.25, 0.3) is 11.1 Å². The number of rotatable bonds is 2.